The monoisotopic (exact) mass is 533 g/mol. The predicted molar refractivity (Wildman–Crippen MR) is 139 cm³/mol. The second-order valence-corrected chi connectivity index (χ2v) is 9.07. The zero-order chi connectivity index (χ0) is 23.8. The summed E-state index contributed by atoms with van der Waals surface area (Å²) >= 11 is 0. The van der Waals surface area contributed by atoms with Crippen LogP contribution in [0.3, 0.4) is 0 Å². The van der Waals surface area contributed by atoms with Gasteiger partial charge in [-0.25, -0.2) is 0 Å². The lowest BCUT2D eigenvalue weighted by Gasteiger charge is -2.18. The van der Waals surface area contributed by atoms with E-state index in [4.69, 9.17) is 4.74 Å². The van der Waals surface area contributed by atoms with Gasteiger partial charge in [0.05, 0.1) is 12.2 Å². The number of carbonyl (C=O) groups is 2. The lowest BCUT2D eigenvalue weighted by molar-refractivity contribution is -0.144. The number of carbonyl (C=O) groups excluding carboxylic acids is 2. The number of ketones is 1. The van der Waals surface area contributed by atoms with Gasteiger partial charge < -0.3 is 19.8 Å². The summed E-state index contributed by atoms with van der Waals surface area (Å²) in [5, 5.41) is 20.4. The smallest absolute Gasteiger partial charge is 0.305 e. The van der Waals surface area contributed by atoms with Crippen molar-refractivity contribution < 1.29 is 24.5 Å². The number of aliphatic hydroxyl groups excluding tert-OH is 2. The number of hydrogen-bond acceptors (Lipinski definition) is 6. The highest BCUT2D eigenvalue weighted by atomic mass is 79.9. The molecule has 4 atom stereocenters. The summed E-state index contributed by atoms with van der Waals surface area (Å²) in [7, 11) is 0. The number of hydrogen-bond donors (Lipinski definition) is 2. The summed E-state index contributed by atoms with van der Waals surface area (Å²) in [6.45, 7) is 9.49. The van der Waals surface area contributed by atoms with E-state index in [1.165, 1.54) is 0 Å². The van der Waals surface area contributed by atoms with Crippen molar-refractivity contribution in [3.63, 3.8) is 0 Å². The van der Waals surface area contributed by atoms with Gasteiger partial charge >= 0.3 is 5.97 Å². The van der Waals surface area contributed by atoms with Crippen LogP contribution >= 0.6 is 17.0 Å². The van der Waals surface area contributed by atoms with Crippen molar-refractivity contribution in [3.05, 3.63) is 12.2 Å². The molecule has 1 rings (SSSR count). The zero-order valence-electron chi connectivity index (χ0n) is 21.0. The first-order valence-electron chi connectivity index (χ1n) is 12.9. The molecule has 0 radical (unpaired) electrons. The van der Waals surface area contributed by atoms with E-state index in [2.05, 4.69) is 25.7 Å². The molecule has 0 aromatic carbocycles. The minimum Gasteiger partial charge on any atom is -0.464 e. The molecule has 2 unspecified atom stereocenters. The van der Waals surface area contributed by atoms with Crippen molar-refractivity contribution in [2.45, 2.75) is 104 Å². The maximum absolute atomic E-state index is 12.3. The number of Topliss-reactive ketones (excluding diaryl/α,β-unsaturated/α-hetero) is 1. The Bertz CT molecular complexity index is 553. The standard InChI is InChI=1S/C26H47NO5.BrH/c1-4-7-10-13-21(28)16-17-23-22(24(29)20-25(23)30)14-11-8-9-12-15-26(31)32-19-18-27(5-2)6-3;/h16-17,21-23,25,28,30H,4-15,18-20H2,1-3H3;1H/t21?,22-,23-,25?;/m1./s1. The molecule has 1 fully saturated rings. The zero-order valence-corrected chi connectivity index (χ0v) is 22.8. The first-order valence-corrected chi connectivity index (χ1v) is 12.9. The van der Waals surface area contributed by atoms with Gasteiger partial charge in [0, 0.05) is 31.2 Å². The molecule has 0 saturated heterocycles. The van der Waals surface area contributed by atoms with E-state index >= 15 is 0 Å². The van der Waals surface area contributed by atoms with E-state index in [0.29, 0.717) is 13.0 Å². The topological polar surface area (TPSA) is 87.1 Å². The molecule has 0 aromatic heterocycles. The van der Waals surface area contributed by atoms with E-state index in [9.17, 15) is 19.8 Å². The molecule has 7 heteroatoms. The summed E-state index contributed by atoms with van der Waals surface area (Å²) in [6.07, 6.45) is 11.4. The van der Waals surface area contributed by atoms with Crippen molar-refractivity contribution in [1.82, 2.24) is 4.90 Å². The molecule has 6 nitrogen and oxygen atoms in total. The molecule has 1 aliphatic carbocycles. The van der Waals surface area contributed by atoms with Crippen LogP contribution in [-0.2, 0) is 14.3 Å². The van der Waals surface area contributed by atoms with Gasteiger partial charge in [0.15, 0.2) is 0 Å². The molecule has 2 N–H and O–H groups in total. The summed E-state index contributed by atoms with van der Waals surface area (Å²) in [4.78, 5) is 26.4. The number of ether oxygens (including phenoxy) is 1. The van der Waals surface area contributed by atoms with Gasteiger partial charge in [-0.2, -0.15) is 0 Å². The van der Waals surface area contributed by atoms with Crippen molar-refractivity contribution in [3.8, 4) is 0 Å². The molecule has 1 aliphatic rings. The lowest BCUT2D eigenvalue weighted by Crippen LogP contribution is -2.27. The fourth-order valence-electron chi connectivity index (χ4n) is 4.44. The van der Waals surface area contributed by atoms with Crippen molar-refractivity contribution in [2.75, 3.05) is 26.2 Å². The number of aliphatic hydroxyl groups is 2. The van der Waals surface area contributed by atoms with Crippen LogP contribution in [0, 0.1) is 11.8 Å². The van der Waals surface area contributed by atoms with Crippen molar-refractivity contribution in [2.24, 2.45) is 11.8 Å². The van der Waals surface area contributed by atoms with Crippen LogP contribution in [-0.4, -0.2) is 65.3 Å². The Balaban J connectivity index is 0.0000102. The van der Waals surface area contributed by atoms with Crippen molar-refractivity contribution in [1.29, 1.82) is 0 Å². The molecule has 0 bridgehead atoms. The number of likely N-dealkylation sites (N-methyl/N-ethyl adjacent to an activating group) is 1. The van der Waals surface area contributed by atoms with Crippen LogP contribution in [0.2, 0.25) is 0 Å². The normalized spacial score (nSPS) is 21.5. The van der Waals surface area contributed by atoms with Crippen LogP contribution in [0.1, 0.15) is 91.4 Å². The Labute approximate surface area is 211 Å². The minimum atomic E-state index is -0.641. The maximum Gasteiger partial charge on any atom is 0.305 e. The second kappa shape index (κ2) is 19.5. The fourth-order valence-corrected chi connectivity index (χ4v) is 4.44. The number of nitrogens with zero attached hydrogens (tertiary/aromatic N) is 1. The van der Waals surface area contributed by atoms with E-state index in [1.54, 1.807) is 6.08 Å². The van der Waals surface area contributed by atoms with Crippen molar-refractivity contribution >= 4 is 28.7 Å². The van der Waals surface area contributed by atoms with Gasteiger partial charge in [0.1, 0.15) is 12.4 Å². The lowest BCUT2D eigenvalue weighted by atomic mass is 9.88. The van der Waals surface area contributed by atoms with Gasteiger partial charge in [0.2, 0.25) is 0 Å². The average molecular weight is 535 g/mol. The molecular weight excluding hydrogens is 486 g/mol. The highest BCUT2D eigenvalue weighted by Gasteiger charge is 2.39. The molecule has 0 aromatic rings. The quantitative estimate of drug-likeness (QED) is 0.149. The first-order chi connectivity index (χ1) is 15.4. The van der Waals surface area contributed by atoms with Crippen LogP contribution in [0.4, 0.5) is 0 Å². The molecule has 0 spiro atoms. The second-order valence-electron chi connectivity index (χ2n) is 9.07. The van der Waals surface area contributed by atoms with Gasteiger partial charge in [-0.1, -0.05) is 71.4 Å². The van der Waals surface area contributed by atoms with Crippen LogP contribution in [0.15, 0.2) is 12.2 Å². The Morgan fingerprint density at radius 1 is 1.12 bits per heavy atom. The highest BCUT2D eigenvalue weighted by Crippen LogP contribution is 2.34. The van der Waals surface area contributed by atoms with Crippen LogP contribution in [0.25, 0.3) is 0 Å². The highest BCUT2D eigenvalue weighted by molar-refractivity contribution is 8.93. The maximum atomic E-state index is 12.3. The third-order valence-electron chi connectivity index (χ3n) is 6.60. The Morgan fingerprint density at radius 3 is 2.48 bits per heavy atom. The summed E-state index contributed by atoms with van der Waals surface area (Å²) < 4.78 is 5.30. The number of unbranched alkanes of at least 4 members (excludes halogenated alkanes) is 5. The van der Waals surface area contributed by atoms with Crippen LogP contribution < -0.4 is 0 Å². The third kappa shape index (κ3) is 13.6. The largest absolute Gasteiger partial charge is 0.464 e. The van der Waals surface area contributed by atoms with E-state index < -0.39 is 12.2 Å². The van der Waals surface area contributed by atoms with E-state index in [-0.39, 0.29) is 47.0 Å². The number of rotatable bonds is 18. The van der Waals surface area contributed by atoms with E-state index in [1.807, 2.05) is 6.08 Å². The van der Waals surface area contributed by atoms with Crippen LogP contribution in [0.5, 0.6) is 0 Å². The minimum absolute atomic E-state index is 0. The van der Waals surface area contributed by atoms with Gasteiger partial charge in [0.25, 0.3) is 0 Å². The summed E-state index contributed by atoms with van der Waals surface area (Å²) in [5.74, 6) is -0.350. The molecule has 0 amide bonds. The number of esters is 1. The SMILES string of the molecule is Br.CCCCCC(O)C=C[C@H]1C(O)CC(=O)[C@@H]1CCCCCCC(=O)OCCN(CC)CC. The molecule has 0 aliphatic heterocycles. The number of halogens is 1. The molecule has 1 saturated carbocycles. The fraction of sp³-hybridized carbons (Fsp3) is 0.846. The molecular formula is C26H48BrNO5. The Hall–Kier alpha value is -0.760. The molecule has 194 valence electrons. The Morgan fingerprint density at radius 2 is 1.82 bits per heavy atom. The summed E-state index contributed by atoms with van der Waals surface area (Å²) in [6, 6.07) is 0. The average Bonchev–Trinajstić information content (AvgIpc) is 3.04. The molecule has 33 heavy (non-hydrogen) atoms. The van der Waals surface area contributed by atoms with Gasteiger partial charge in [-0.3, -0.25) is 9.59 Å². The van der Waals surface area contributed by atoms with Gasteiger partial charge in [-0.15, -0.1) is 17.0 Å². The Kier molecular flexibility index (Phi) is 19.1. The molecule has 0 heterocycles. The first kappa shape index (κ1) is 32.2. The predicted octanol–water partition coefficient (Wildman–Crippen LogP) is 4.85. The van der Waals surface area contributed by atoms with Gasteiger partial charge in [-0.05, 0) is 32.4 Å². The third-order valence-corrected chi connectivity index (χ3v) is 6.60. The summed E-state index contributed by atoms with van der Waals surface area (Å²) in [5.41, 5.74) is 0. The van der Waals surface area contributed by atoms with E-state index in [0.717, 1.165) is 77.4 Å².